The van der Waals surface area contributed by atoms with Gasteiger partial charge in [-0.25, -0.2) is 5.10 Å². The zero-order valence-electron chi connectivity index (χ0n) is 18.6. The van der Waals surface area contributed by atoms with Gasteiger partial charge in [0.1, 0.15) is 18.1 Å². The fourth-order valence-corrected chi connectivity index (χ4v) is 4.21. The molecule has 0 bridgehead atoms. The fraction of sp³-hybridized carbons (Fsp3) is 0.292. The van der Waals surface area contributed by atoms with Crippen molar-refractivity contribution in [1.82, 2.24) is 25.2 Å². The summed E-state index contributed by atoms with van der Waals surface area (Å²) in [5, 5.41) is 26.9. The van der Waals surface area contributed by atoms with Crippen molar-refractivity contribution < 1.29 is 14.3 Å². The molecule has 172 valence electrons. The fourth-order valence-electron chi connectivity index (χ4n) is 4.21. The van der Waals surface area contributed by atoms with Crippen LogP contribution in [0.5, 0.6) is 5.75 Å². The van der Waals surface area contributed by atoms with Crippen molar-refractivity contribution in [1.29, 1.82) is 5.26 Å². The number of aromatic amines is 1. The lowest BCUT2D eigenvalue weighted by Crippen LogP contribution is -2.25. The van der Waals surface area contributed by atoms with Gasteiger partial charge >= 0.3 is 0 Å². The maximum absolute atomic E-state index is 13.3. The number of carbonyl (C=O) groups excluding carboxylic acids is 1. The highest BCUT2D eigenvalue weighted by atomic mass is 16.5. The van der Waals surface area contributed by atoms with E-state index in [9.17, 15) is 10.1 Å². The van der Waals surface area contributed by atoms with Gasteiger partial charge in [-0.2, -0.15) is 5.26 Å². The molecule has 1 aliphatic rings. The Hall–Kier alpha value is -4.23. The lowest BCUT2D eigenvalue weighted by molar-refractivity contribution is -0.0108. The molecular formula is C24H23N7O3. The van der Waals surface area contributed by atoms with Crippen LogP contribution >= 0.6 is 0 Å². The third-order valence-electron chi connectivity index (χ3n) is 5.95. The van der Waals surface area contributed by atoms with Gasteiger partial charge in [-0.15, -0.1) is 5.10 Å². The Morgan fingerprint density at radius 1 is 1.32 bits per heavy atom. The van der Waals surface area contributed by atoms with Crippen LogP contribution in [0.3, 0.4) is 0 Å². The summed E-state index contributed by atoms with van der Waals surface area (Å²) in [5.41, 5.74) is 2.73. The molecule has 0 aliphatic carbocycles. The van der Waals surface area contributed by atoms with E-state index < -0.39 is 0 Å². The van der Waals surface area contributed by atoms with Crippen LogP contribution < -0.4 is 10.1 Å². The van der Waals surface area contributed by atoms with E-state index in [0.29, 0.717) is 40.7 Å². The second kappa shape index (κ2) is 9.33. The van der Waals surface area contributed by atoms with Crippen molar-refractivity contribution in [2.45, 2.75) is 25.4 Å². The topological polar surface area (TPSA) is 131 Å². The standard InChI is InChI=1S/C24H23N7O3/c1-31-20(12-16-5-4-7-21(22(16)31)34-14-17-6-2-3-10-33-17)24(32)26-19-9-8-15(13-25)11-18(19)23-27-29-30-28-23/h4-5,7-9,11-12,17H,2-3,6,10,14H2,1H3,(H,26,32)(H,27,28,29,30). The van der Waals surface area contributed by atoms with E-state index in [1.54, 1.807) is 18.2 Å². The number of anilines is 1. The number of aromatic nitrogens is 5. The molecule has 0 saturated carbocycles. The normalized spacial score (nSPS) is 15.7. The zero-order chi connectivity index (χ0) is 23.5. The molecule has 10 heteroatoms. The first-order valence-electron chi connectivity index (χ1n) is 11.1. The molecule has 3 heterocycles. The van der Waals surface area contributed by atoms with Crippen molar-refractivity contribution in [2.24, 2.45) is 7.05 Å². The van der Waals surface area contributed by atoms with Crippen molar-refractivity contribution in [3.63, 3.8) is 0 Å². The number of nitrogens with one attached hydrogen (secondary N) is 2. The van der Waals surface area contributed by atoms with Gasteiger partial charge in [0.05, 0.1) is 28.9 Å². The van der Waals surface area contributed by atoms with Gasteiger partial charge in [-0.3, -0.25) is 4.79 Å². The summed E-state index contributed by atoms with van der Waals surface area (Å²) in [6.45, 7) is 1.25. The molecule has 1 fully saturated rings. The van der Waals surface area contributed by atoms with Gasteiger partial charge in [-0.05, 0) is 60.0 Å². The van der Waals surface area contributed by atoms with E-state index >= 15 is 0 Å². The number of tetrazole rings is 1. The molecule has 4 aromatic rings. The Morgan fingerprint density at radius 2 is 2.24 bits per heavy atom. The van der Waals surface area contributed by atoms with E-state index in [2.05, 4.69) is 32.0 Å². The Bertz CT molecular complexity index is 1370. The number of amides is 1. The summed E-state index contributed by atoms with van der Waals surface area (Å²) in [6, 6.07) is 14.6. The number of fused-ring (bicyclic) bond motifs is 1. The Morgan fingerprint density at radius 3 is 3.00 bits per heavy atom. The average Bonchev–Trinajstić information content (AvgIpc) is 3.52. The number of aryl methyl sites for hydroxylation is 1. The predicted octanol–water partition coefficient (Wildman–Crippen LogP) is 3.43. The van der Waals surface area contributed by atoms with Gasteiger partial charge in [0.25, 0.3) is 5.91 Å². The van der Waals surface area contributed by atoms with E-state index in [4.69, 9.17) is 9.47 Å². The Kier molecular flexibility index (Phi) is 5.93. The molecule has 1 amide bonds. The van der Waals surface area contributed by atoms with Gasteiger partial charge in [0.2, 0.25) is 0 Å². The van der Waals surface area contributed by atoms with Gasteiger partial charge in [0.15, 0.2) is 5.82 Å². The molecule has 2 aromatic heterocycles. The molecule has 10 nitrogen and oxygen atoms in total. The number of hydrogen-bond acceptors (Lipinski definition) is 7. The summed E-state index contributed by atoms with van der Waals surface area (Å²) in [5.74, 6) is 0.753. The molecule has 1 aliphatic heterocycles. The third kappa shape index (κ3) is 4.21. The van der Waals surface area contributed by atoms with Gasteiger partial charge in [-0.1, -0.05) is 12.1 Å². The number of hydrogen-bond donors (Lipinski definition) is 2. The molecular weight excluding hydrogens is 434 g/mol. The summed E-state index contributed by atoms with van der Waals surface area (Å²) < 4.78 is 13.7. The van der Waals surface area contributed by atoms with Crippen molar-refractivity contribution in [3.05, 3.63) is 53.7 Å². The highest BCUT2D eigenvalue weighted by molar-refractivity contribution is 6.08. The number of nitrogens with zero attached hydrogens (tertiary/aromatic N) is 5. The number of ether oxygens (including phenoxy) is 2. The molecule has 5 rings (SSSR count). The number of para-hydroxylation sites is 1. The minimum absolute atomic E-state index is 0.0902. The van der Waals surface area contributed by atoms with Crippen LogP contribution in [0.15, 0.2) is 42.5 Å². The maximum Gasteiger partial charge on any atom is 0.272 e. The Balaban J connectivity index is 1.42. The minimum atomic E-state index is -0.307. The average molecular weight is 457 g/mol. The molecule has 34 heavy (non-hydrogen) atoms. The van der Waals surface area contributed by atoms with Crippen LogP contribution in [0.2, 0.25) is 0 Å². The Labute approximate surface area is 195 Å². The lowest BCUT2D eigenvalue weighted by atomic mass is 10.1. The van der Waals surface area contributed by atoms with Crippen LogP contribution in [0.25, 0.3) is 22.3 Å². The molecule has 1 saturated heterocycles. The molecule has 2 N–H and O–H groups in total. The highest BCUT2D eigenvalue weighted by Crippen LogP contribution is 2.31. The minimum Gasteiger partial charge on any atom is -0.489 e. The summed E-state index contributed by atoms with van der Waals surface area (Å²) >= 11 is 0. The monoisotopic (exact) mass is 457 g/mol. The molecule has 1 unspecified atom stereocenters. The third-order valence-corrected chi connectivity index (χ3v) is 5.95. The second-order valence-corrected chi connectivity index (χ2v) is 8.16. The van der Waals surface area contributed by atoms with E-state index in [0.717, 1.165) is 36.8 Å². The SMILES string of the molecule is Cn1c(C(=O)Nc2ccc(C#N)cc2-c2nnn[nH]2)cc2cccc(OCC3CCCCO3)c21. The molecule has 0 spiro atoms. The number of nitriles is 1. The molecule has 2 aromatic carbocycles. The summed E-state index contributed by atoms with van der Waals surface area (Å²) in [7, 11) is 1.83. The number of benzene rings is 2. The maximum atomic E-state index is 13.3. The van der Waals surface area contributed by atoms with Crippen molar-refractivity contribution in [3.8, 4) is 23.2 Å². The van der Waals surface area contributed by atoms with E-state index in [1.165, 1.54) is 0 Å². The first kappa shape index (κ1) is 21.6. The number of rotatable bonds is 6. The van der Waals surface area contributed by atoms with Crippen LogP contribution in [0.4, 0.5) is 5.69 Å². The van der Waals surface area contributed by atoms with E-state index in [1.807, 2.05) is 35.9 Å². The lowest BCUT2D eigenvalue weighted by Gasteiger charge is -2.23. The second-order valence-electron chi connectivity index (χ2n) is 8.16. The first-order valence-corrected chi connectivity index (χ1v) is 11.1. The highest BCUT2D eigenvalue weighted by Gasteiger charge is 2.20. The smallest absolute Gasteiger partial charge is 0.272 e. The number of H-pyrrole nitrogens is 1. The van der Waals surface area contributed by atoms with Crippen LogP contribution in [0.1, 0.15) is 35.3 Å². The van der Waals surface area contributed by atoms with Crippen LogP contribution in [-0.2, 0) is 11.8 Å². The van der Waals surface area contributed by atoms with Gasteiger partial charge in [0, 0.05) is 24.6 Å². The summed E-state index contributed by atoms with van der Waals surface area (Å²) in [6.07, 6.45) is 3.32. The van der Waals surface area contributed by atoms with Crippen molar-refractivity contribution in [2.75, 3.05) is 18.5 Å². The summed E-state index contributed by atoms with van der Waals surface area (Å²) in [4.78, 5) is 13.3. The van der Waals surface area contributed by atoms with E-state index in [-0.39, 0.29) is 12.0 Å². The van der Waals surface area contributed by atoms with Gasteiger partial charge < -0.3 is 19.4 Å². The number of carbonyl (C=O) groups is 1. The predicted molar refractivity (Wildman–Crippen MR) is 124 cm³/mol. The molecule has 0 radical (unpaired) electrons. The largest absolute Gasteiger partial charge is 0.489 e. The van der Waals surface area contributed by atoms with Crippen LogP contribution in [0, 0.1) is 11.3 Å². The first-order chi connectivity index (χ1) is 16.6. The molecule has 1 atom stereocenters. The quantitative estimate of drug-likeness (QED) is 0.453. The zero-order valence-corrected chi connectivity index (χ0v) is 18.6. The van der Waals surface area contributed by atoms with Crippen molar-refractivity contribution >= 4 is 22.5 Å². The van der Waals surface area contributed by atoms with Crippen LogP contribution in [-0.4, -0.2) is 50.4 Å².